The van der Waals surface area contributed by atoms with Gasteiger partial charge in [-0.15, -0.1) is 0 Å². The lowest BCUT2D eigenvalue weighted by molar-refractivity contribution is 0.334. The van der Waals surface area contributed by atoms with Gasteiger partial charge in [0.15, 0.2) is 0 Å². The molecule has 0 aromatic carbocycles. The van der Waals surface area contributed by atoms with Crippen LogP contribution in [0, 0.1) is 0 Å². The Morgan fingerprint density at radius 1 is 1.88 bits per heavy atom. The summed E-state index contributed by atoms with van der Waals surface area (Å²) in [4.78, 5) is 0. The molecular weight excluding hydrogens is 123 g/mol. The molecule has 1 atom stereocenters. The van der Waals surface area contributed by atoms with Crippen LogP contribution in [0.2, 0.25) is 0 Å². The van der Waals surface area contributed by atoms with Gasteiger partial charge in [0.25, 0.3) is 0 Å². The molecule has 0 aliphatic heterocycles. The zero-order valence-corrected chi connectivity index (χ0v) is 6.02. The third kappa shape index (κ3) is 4.10. The molecule has 0 bridgehead atoms. The van der Waals surface area contributed by atoms with Gasteiger partial charge in [-0.3, -0.25) is 4.57 Å². The Bertz CT molecular complexity index is 90.4. The Morgan fingerprint density at radius 2 is 2.50 bits per heavy atom. The summed E-state index contributed by atoms with van der Waals surface area (Å²) in [5.74, 6) is 1.35. The fourth-order valence-electron chi connectivity index (χ4n) is 0.262. The second-order valence-corrected chi connectivity index (χ2v) is 2.71. The van der Waals surface area contributed by atoms with Crippen LogP contribution in [0.5, 0.6) is 0 Å². The first-order valence-electron chi connectivity index (χ1n) is 2.60. The largest absolute Gasteiger partial charge is 0.328 e. The maximum Gasteiger partial charge on any atom is 0.213 e. The topological polar surface area (TPSA) is 26.3 Å². The molecule has 3 heteroatoms. The standard InChI is InChI=1S/C5H11O2P/c1-3-5-7-8(6)4-2/h4,8H,2-3,5H2,1H3. The van der Waals surface area contributed by atoms with Crippen LogP contribution in [0.4, 0.5) is 0 Å². The van der Waals surface area contributed by atoms with Gasteiger partial charge in [0, 0.05) is 0 Å². The maximum absolute atomic E-state index is 10.4. The molecule has 0 radical (unpaired) electrons. The summed E-state index contributed by atoms with van der Waals surface area (Å²) in [6, 6.07) is 0. The van der Waals surface area contributed by atoms with Gasteiger partial charge in [-0.2, -0.15) is 0 Å². The van der Waals surface area contributed by atoms with E-state index in [9.17, 15) is 4.57 Å². The fourth-order valence-corrected chi connectivity index (χ4v) is 0.785. The normalized spacial score (nSPS) is 13.1. The predicted molar refractivity (Wildman–Crippen MR) is 35.4 cm³/mol. The van der Waals surface area contributed by atoms with E-state index in [0.717, 1.165) is 6.42 Å². The molecule has 2 nitrogen and oxygen atoms in total. The van der Waals surface area contributed by atoms with Gasteiger partial charge >= 0.3 is 0 Å². The second kappa shape index (κ2) is 5.07. The molecule has 0 aromatic heterocycles. The molecule has 0 spiro atoms. The average molecular weight is 134 g/mol. The molecule has 0 N–H and O–H groups in total. The van der Waals surface area contributed by atoms with Crippen molar-refractivity contribution in [1.82, 2.24) is 0 Å². The minimum absolute atomic E-state index is 0.573. The summed E-state index contributed by atoms with van der Waals surface area (Å²) in [6.45, 7) is 5.86. The molecule has 0 heterocycles. The first-order chi connectivity index (χ1) is 3.81. The zero-order chi connectivity index (χ0) is 6.41. The van der Waals surface area contributed by atoms with Crippen LogP contribution in [0.25, 0.3) is 0 Å². The van der Waals surface area contributed by atoms with Crippen LogP contribution < -0.4 is 0 Å². The van der Waals surface area contributed by atoms with Gasteiger partial charge in [-0.05, 0) is 12.2 Å². The van der Waals surface area contributed by atoms with Gasteiger partial charge in [-0.25, -0.2) is 0 Å². The highest BCUT2D eigenvalue weighted by molar-refractivity contribution is 7.42. The highest BCUT2D eigenvalue weighted by Gasteiger charge is 1.86. The van der Waals surface area contributed by atoms with Crippen molar-refractivity contribution in [1.29, 1.82) is 0 Å². The van der Waals surface area contributed by atoms with Crippen molar-refractivity contribution in [2.75, 3.05) is 6.61 Å². The van der Waals surface area contributed by atoms with Crippen LogP contribution in [-0.2, 0) is 9.09 Å². The Hall–Kier alpha value is -0.0700. The molecule has 1 unspecified atom stereocenters. The van der Waals surface area contributed by atoms with Crippen LogP contribution in [0.15, 0.2) is 12.4 Å². The summed E-state index contributed by atoms with van der Waals surface area (Å²) in [5, 5.41) is 0. The van der Waals surface area contributed by atoms with E-state index in [2.05, 4.69) is 6.58 Å². The van der Waals surface area contributed by atoms with Crippen LogP contribution in [0.3, 0.4) is 0 Å². The summed E-state index contributed by atoms with van der Waals surface area (Å²) in [6.07, 6.45) is 0.907. The minimum Gasteiger partial charge on any atom is -0.328 e. The average Bonchev–Trinajstić information content (AvgIpc) is 1.83. The van der Waals surface area contributed by atoms with E-state index in [0.29, 0.717) is 6.61 Å². The third-order valence-corrected chi connectivity index (χ3v) is 1.44. The number of rotatable bonds is 4. The van der Waals surface area contributed by atoms with Gasteiger partial charge in [0.05, 0.1) is 6.61 Å². The van der Waals surface area contributed by atoms with E-state index in [-0.39, 0.29) is 0 Å². The Morgan fingerprint density at radius 3 is 2.88 bits per heavy atom. The monoisotopic (exact) mass is 134 g/mol. The highest BCUT2D eigenvalue weighted by Crippen LogP contribution is 2.21. The first kappa shape index (κ1) is 7.93. The molecule has 8 heavy (non-hydrogen) atoms. The van der Waals surface area contributed by atoms with Crippen LogP contribution in [0.1, 0.15) is 13.3 Å². The third-order valence-electron chi connectivity index (χ3n) is 0.615. The number of hydrogen-bond acceptors (Lipinski definition) is 2. The van der Waals surface area contributed by atoms with Gasteiger partial charge in [0.1, 0.15) is 0 Å². The van der Waals surface area contributed by atoms with E-state index in [1.54, 1.807) is 0 Å². The van der Waals surface area contributed by atoms with Gasteiger partial charge in [-0.1, -0.05) is 13.5 Å². The minimum atomic E-state index is -1.88. The first-order valence-corrected chi connectivity index (χ1v) is 3.99. The summed E-state index contributed by atoms with van der Waals surface area (Å²) in [7, 11) is -1.88. The van der Waals surface area contributed by atoms with Crippen LogP contribution >= 0.6 is 8.03 Å². The van der Waals surface area contributed by atoms with Crippen molar-refractivity contribution in [2.24, 2.45) is 0 Å². The van der Waals surface area contributed by atoms with E-state index in [1.807, 2.05) is 6.92 Å². The molecule has 0 aliphatic carbocycles. The molecule has 0 aliphatic rings. The van der Waals surface area contributed by atoms with E-state index >= 15 is 0 Å². The quantitative estimate of drug-likeness (QED) is 0.550. The fraction of sp³-hybridized carbons (Fsp3) is 0.600. The molecule has 48 valence electrons. The summed E-state index contributed by atoms with van der Waals surface area (Å²) in [5.41, 5.74) is 0. The highest BCUT2D eigenvalue weighted by atomic mass is 31.1. The van der Waals surface area contributed by atoms with Crippen LogP contribution in [-0.4, -0.2) is 6.61 Å². The molecule has 0 saturated carbocycles. The zero-order valence-electron chi connectivity index (χ0n) is 5.02. The van der Waals surface area contributed by atoms with Crippen molar-refractivity contribution in [2.45, 2.75) is 13.3 Å². The Kier molecular flexibility index (Phi) is 5.03. The van der Waals surface area contributed by atoms with Crippen molar-refractivity contribution in [3.8, 4) is 0 Å². The van der Waals surface area contributed by atoms with Gasteiger partial charge < -0.3 is 4.52 Å². The lowest BCUT2D eigenvalue weighted by Crippen LogP contribution is -1.78. The molecule has 0 fully saturated rings. The summed E-state index contributed by atoms with van der Waals surface area (Å²) < 4.78 is 15.2. The van der Waals surface area contributed by atoms with Crippen molar-refractivity contribution >= 4 is 8.03 Å². The van der Waals surface area contributed by atoms with Crippen molar-refractivity contribution in [3.05, 3.63) is 12.4 Å². The Balaban J connectivity index is 3.11. The molecule has 0 amide bonds. The lowest BCUT2D eigenvalue weighted by Gasteiger charge is -1.93. The van der Waals surface area contributed by atoms with Gasteiger partial charge in [0.2, 0.25) is 8.03 Å². The van der Waals surface area contributed by atoms with Crippen molar-refractivity contribution in [3.63, 3.8) is 0 Å². The predicted octanol–water partition coefficient (Wildman–Crippen LogP) is 2.03. The van der Waals surface area contributed by atoms with Crippen molar-refractivity contribution < 1.29 is 9.09 Å². The molecule has 0 aromatic rings. The summed E-state index contributed by atoms with van der Waals surface area (Å²) >= 11 is 0. The Labute approximate surface area is 50.4 Å². The SMILES string of the molecule is C=C[PH](=O)OCCC. The maximum atomic E-state index is 10.4. The van der Waals surface area contributed by atoms with E-state index in [4.69, 9.17) is 4.52 Å². The lowest BCUT2D eigenvalue weighted by atomic mass is 10.5. The molecule has 0 saturated heterocycles. The van der Waals surface area contributed by atoms with E-state index < -0.39 is 8.03 Å². The number of hydrogen-bond donors (Lipinski definition) is 0. The molecule has 0 rings (SSSR count). The smallest absolute Gasteiger partial charge is 0.213 e. The second-order valence-electron chi connectivity index (χ2n) is 1.37. The molecular formula is C5H11O2P. The van der Waals surface area contributed by atoms with E-state index in [1.165, 1.54) is 5.82 Å².